The quantitative estimate of drug-likeness (QED) is 0.893. The number of hydrogen-bond acceptors (Lipinski definition) is 3. The lowest BCUT2D eigenvalue weighted by Crippen LogP contribution is -2.20. The Morgan fingerprint density at radius 2 is 1.50 bits per heavy atom. The van der Waals surface area contributed by atoms with Crippen LogP contribution in [0.1, 0.15) is 29.2 Å². The fraction of sp³-hybridized carbons (Fsp3) is 0.500. The summed E-state index contributed by atoms with van der Waals surface area (Å²) in [7, 11) is 3.30. The number of benzene rings is 1. The van der Waals surface area contributed by atoms with Crippen molar-refractivity contribution < 1.29 is 14.3 Å². The van der Waals surface area contributed by atoms with Gasteiger partial charge in [-0.1, -0.05) is 0 Å². The van der Waals surface area contributed by atoms with Crippen LogP contribution >= 0.6 is 0 Å². The lowest BCUT2D eigenvalue weighted by molar-refractivity contribution is -0.119. The first kappa shape index (κ1) is 14.4. The molecule has 0 aliphatic rings. The summed E-state index contributed by atoms with van der Waals surface area (Å²) in [6, 6.07) is 0. The van der Waals surface area contributed by atoms with Crippen LogP contribution in [0.5, 0.6) is 11.5 Å². The van der Waals surface area contributed by atoms with Crippen LogP contribution in [-0.2, 0) is 11.3 Å². The molecule has 1 aromatic carbocycles. The van der Waals surface area contributed by atoms with Gasteiger partial charge in [0.25, 0.3) is 0 Å². The van der Waals surface area contributed by atoms with Crippen molar-refractivity contribution in [2.75, 3.05) is 14.2 Å². The smallest absolute Gasteiger partial charge is 0.217 e. The second-order valence-electron chi connectivity index (χ2n) is 4.33. The first-order chi connectivity index (χ1) is 8.43. The molecule has 1 rings (SSSR count). The van der Waals surface area contributed by atoms with E-state index in [-0.39, 0.29) is 5.91 Å². The predicted molar refractivity (Wildman–Crippen MR) is 71.3 cm³/mol. The van der Waals surface area contributed by atoms with Gasteiger partial charge in [0.05, 0.1) is 14.2 Å². The Morgan fingerprint density at radius 3 is 1.94 bits per heavy atom. The van der Waals surface area contributed by atoms with Gasteiger partial charge in [0.15, 0.2) is 0 Å². The molecule has 1 amide bonds. The van der Waals surface area contributed by atoms with E-state index >= 15 is 0 Å². The summed E-state index contributed by atoms with van der Waals surface area (Å²) in [6.45, 7) is 7.92. The molecule has 0 fully saturated rings. The molecular weight excluding hydrogens is 230 g/mol. The molecule has 100 valence electrons. The van der Waals surface area contributed by atoms with E-state index in [2.05, 4.69) is 5.32 Å². The number of carbonyl (C=O) groups excluding carboxylic acids is 1. The van der Waals surface area contributed by atoms with E-state index < -0.39 is 0 Å². The minimum absolute atomic E-state index is 0.0614. The van der Waals surface area contributed by atoms with Crippen molar-refractivity contribution in [3.63, 3.8) is 0 Å². The van der Waals surface area contributed by atoms with Crippen LogP contribution in [0.4, 0.5) is 0 Å². The molecule has 0 aromatic heterocycles. The Kier molecular flexibility index (Phi) is 4.59. The van der Waals surface area contributed by atoms with Crippen molar-refractivity contribution in [3.05, 3.63) is 22.3 Å². The second kappa shape index (κ2) is 5.76. The Hall–Kier alpha value is -1.71. The van der Waals surface area contributed by atoms with Gasteiger partial charge >= 0.3 is 0 Å². The summed E-state index contributed by atoms with van der Waals surface area (Å²) in [4.78, 5) is 11.1. The monoisotopic (exact) mass is 251 g/mol. The highest BCUT2D eigenvalue weighted by Gasteiger charge is 2.18. The second-order valence-corrected chi connectivity index (χ2v) is 4.33. The topological polar surface area (TPSA) is 47.6 Å². The predicted octanol–water partition coefficient (Wildman–Crippen LogP) is 2.27. The van der Waals surface area contributed by atoms with Gasteiger partial charge < -0.3 is 14.8 Å². The number of hydrogen-bond donors (Lipinski definition) is 1. The summed E-state index contributed by atoms with van der Waals surface area (Å²) >= 11 is 0. The van der Waals surface area contributed by atoms with E-state index in [0.29, 0.717) is 6.54 Å². The van der Waals surface area contributed by atoms with E-state index in [1.165, 1.54) is 6.92 Å². The molecule has 4 nitrogen and oxygen atoms in total. The van der Waals surface area contributed by atoms with Crippen LogP contribution in [0, 0.1) is 20.8 Å². The molecule has 0 heterocycles. The first-order valence-corrected chi connectivity index (χ1v) is 5.89. The van der Waals surface area contributed by atoms with Gasteiger partial charge in [-0.15, -0.1) is 0 Å². The summed E-state index contributed by atoms with van der Waals surface area (Å²) in [5.74, 6) is 1.61. The summed E-state index contributed by atoms with van der Waals surface area (Å²) in [6.07, 6.45) is 0. The molecule has 1 aromatic rings. The number of methoxy groups -OCH3 is 2. The van der Waals surface area contributed by atoms with E-state index in [1.807, 2.05) is 20.8 Å². The largest absolute Gasteiger partial charge is 0.496 e. The third-order valence-electron chi connectivity index (χ3n) is 3.23. The highest BCUT2D eigenvalue weighted by atomic mass is 16.5. The molecule has 0 aliphatic carbocycles. The average Bonchev–Trinajstić information content (AvgIpc) is 2.32. The fourth-order valence-electron chi connectivity index (χ4n) is 2.16. The maximum atomic E-state index is 11.1. The van der Waals surface area contributed by atoms with Crippen molar-refractivity contribution in [1.82, 2.24) is 5.32 Å². The molecule has 0 bridgehead atoms. The van der Waals surface area contributed by atoms with Gasteiger partial charge in [-0.05, 0) is 37.5 Å². The third kappa shape index (κ3) is 2.58. The molecule has 0 radical (unpaired) electrons. The molecule has 0 aliphatic heterocycles. The molecule has 1 N–H and O–H groups in total. The molecule has 0 saturated heterocycles. The van der Waals surface area contributed by atoms with Crippen LogP contribution in [0.15, 0.2) is 0 Å². The van der Waals surface area contributed by atoms with Crippen LogP contribution in [0.2, 0.25) is 0 Å². The van der Waals surface area contributed by atoms with Gasteiger partial charge in [0.1, 0.15) is 11.5 Å². The van der Waals surface area contributed by atoms with Gasteiger partial charge in [-0.2, -0.15) is 0 Å². The van der Waals surface area contributed by atoms with Crippen LogP contribution in [-0.4, -0.2) is 20.1 Å². The van der Waals surface area contributed by atoms with E-state index in [1.54, 1.807) is 14.2 Å². The van der Waals surface area contributed by atoms with Crippen LogP contribution < -0.4 is 14.8 Å². The molecule has 0 unspecified atom stereocenters. The number of amides is 1. The standard InChI is InChI=1S/C14H21NO3/c1-8-9(2)14(18-6)12(7-15-11(4)16)10(3)13(8)17-5/h7H2,1-6H3,(H,15,16). The molecule has 0 spiro atoms. The van der Waals surface area contributed by atoms with Gasteiger partial charge in [0.2, 0.25) is 5.91 Å². The first-order valence-electron chi connectivity index (χ1n) is 5.89. The van der Waals surface area contributed by atoms with Gasteiger partial charge in [-0.3, -0.25) is 4.79 Å². The highest BCUT2D eigenvalue weighted by Crippen LogP contribution is 2.37. The normalized spacial score (nSPS) is 10.1. The maximum absolute atomic E-state index is 11.1. The van der Waals surface area contributed by atoms with Crippen molar-refractivity contribution in [1.29, 1.82) is 0 Å². The minimum atomic E-state index is -0.0614. The maximum Gasteiger partial charge on any atom is 0.217 e. The van der Waals surface area contributed by atoms with Crippen molar-refractivity contribution in [2.45, 2.75) is 34.2 Å². The fourth-order valence-corrected chi connectivity index (χ4v) is 2.16. The van der Waals surface area contributed by atoms with E-state index in [9.17, 15) is 4.79 Å². The summed E-state index contributed by atoms with van der Waals surface area (Å²) < 4.78 is 10.9. The van der Waals surface area contributed by atoms with Gasteiger partial charge in [-0.25, -0.2) is 0 Å². The van der Waals surface area contributed by atoms with E-state index in [0.717, 1.165) is 33.8 Å². The number of nitrogens with one attached hydrogen (secondary N) is 1. The van der Waals surface area contributed by atoms with E-state index in [4.69, 9.17) is 9.47 Å². The van der Waals surface area contributed by atoms with Crippen LogP contribution in [0.25, 0.3) is 0 Å². The zero-order valence-corrected chi connectivity index (χ0v) is 11.9. The minimum Gasteiger partial charge on any atom is -0.496 e. The van der Waals surface area contributed by atoms with Crippen molar-refractivity contribution in [3.8, 4) is 11.5 Å². The molecule has 18 heavy (non-hydrogen) atoms. The highest BCUT2D eigenvalue weighted by molar-refractivity contribution is 5.73. The zero-order chi connectivity index (χ0) is 13.9. The number of ether oxygens (including phenoxy) is 2. The summed E-state index contributed by atoms with van der Waals surface area (Å²) in [5.41, 5.74) is 4.08. The molecule has 4 heteroatoms. The van der Waals surface area contributed by atoms with Crippen molar-refractivity contribution in [2.24, 2.45) is 0 Å². The lowest BCUT2D eigenvalue weighted by atomic mass is 9.97. The number of rotatable bonds is 4. The lowest BCUT2D eigenvalue weighted by Gasteiger charge is -2.20. The zero-order valence-electron chi connectivity index (χ0n) is 11.9. The Morgan fingerprint density at radius 1 is 1.00 bits per heavy atom. The summed E-state index contributed by atoms with van der Waals surface area (Å²) in [5, 5.41) is 2.80. The Bertz CT molecular complexity index is 467. The molecule has 0 saturated carbocycles. The SMILES string of the molecule is COc1c(C)c(C)c(OC)c(CNC(C)=O)c1C. The Balaban J connectivity index is 3.37. The van der Waals surface area contributed by atoms with Crippen LogP contribution in [0.3, 0.4) is 0 Å². The molecule has 0 atom stereocenters. The Labute approximate surface area is 108 Å². The average molecular weight is 251 g/mol. The van der Waals surface area contributed by atoms with Crippen molar-refractivity contribution >= 4 is 5.91 Å². The number of carbonyl (C=O) groups is 1. The molecular formula is C14H21NO3. The third-order valence-corrected chi connectivity index (χ3v) is 3.23. The van der Waals surface area contributed by atoms with Gasteiger partial charge in [0, 0.05) is 19.0 Å².